The van der Waals surface area contributed by atoms with E-state index in [0.29, 0.717) is 18.9 Å². The Kier molecular flexibility index (Phi) is 5.08. The first-order chi connectivity index (χ1) is 7.67. The number of nitrogens with zero attached hydrogens (tertiary/aromatic N) is 1. The number of likely N-dealkylation sites (N-methyl/N-ethyl adjacent to an activating group) is 1. The molecule has 0 aromatic heterocycles. The second kappa shape index (κ2) is 6.35. The molecule has 0 atom stereocenters. The maximum atomic E-state index is 9.69. The van der Waals surface area contributed by atoms with Crippen LogP contribution in [0, 0.1) is 0 Å². The van der Waals surface area contributed by atoms with E-state index in [2.05, 4.69) is 4.90 Å². The number of phenolic OH excluding ortho intramolecular Hbond substituents is 1. The van der Waals surface area contributed by atoms with Gasteiger partial charge in [-0.15, -0.1) is 0 Å². The van der Waals surface area contributed by atoms with Gasteiger partial charge < -0.3 is 14.6 Å². The number of benzene rings is 1. The fraction of sp³-hybridized carbons (Fsp3) is 0.500. The van der Waals surface area contributed by atoms with Crippen molar-refractivity contribution in [3.8, 4) is 11.5 Å². The standard InChI is InChI=1S/C12H19NO3/c1-13(6-7-15-2)9-10-8-11(16-3)4-5-12(10)14/h4-5,8,14H,6-7,9H2,1-3H3. The molecule has 0 radical (unpaired) electrons. The highest BCUT2D eigenvalue weighted by molar-refractivity contribution is 5.39. The van der Waals surface area contributed by atoms with Gasteiger partial charge in [0, 0.05) is 25.8 Å². The van der Waals surface area contributed by atoms with Crippen molar-refractivity contribution in [3.05, 3.63) is 23.8 Å². The van der Waals surface area contributed by atoms with Crippen LogP contribution < -0.4 is 4.74 Å². The van der Waals surface area contributed by atoms with Crippen molar-refractivity contribution in [2.75, 3.05) is 34.4 Å². The fourth-order valence-corrected chi connectivity index (χ4v) is 1.43. The number of hydrogen-bond acceptors (Lipinski definition) is 4. The zero-order valence-electron chi connectivity index (χ0n) is 10.1. The van der Waals surface area contributed by atoms with Crippen LogP contribution in [0.3, 0.4) is 0 Å². The maximum Gasteiger partial charge on any atom is 0.120 e. The molecule has 0 saturated carbocycles. The van der Waals surface area contributed by atoms with E-state index in [1.165, 1.54) is 0 Å². The maximum absolute atomic E-state index is 9.69. The Balaban J connectivity index is 2.64. The minimum absolute atomic E-state index is 0.296. The lowest BCUT2D eigenvalue weighted by Gasteiger charge is -2.17. The Morgan fingerprint density at radius 1 is 1.31 bits per heavy atom. The average Bonchev–Trinajstić information content (AvgIpc) is 2.29. The summed E-state index contributed by atoms with van der Waals surface area (Å²) in [5.41, 5.74) is 0.859. The molecule has 0 bridgehead atoms. The van der Waals surface area contributed by atoms with Gasteiger partial charge in [0.2, 0.25) is 0 Å². The van der Waals surface area contributed by atoms with E-state index >= 15 is 0 Å². The third-order valence-corrected chi connectivity index (χ3v) is 2.40. The van der Waals surface area contributed by atoms with Crippen molar-refractivity contribution in [1.29, 1.82) is 0 Å². The van der Waals surface area contributed by atoms with Crippen LogP contribution in [0.15, 0.2) is 18.2 Å². The molecular formula is C12H19NO3. The second-order valence-electron chi connectivity index (χ2n) is 3.73. The summed E-state index contributed by atoms with van der Waals surface area (Å²) in [7, 11) is 5.28. The van der Waals surface area contributed by atoms with E-state index in [4.69, 9.17) is 9.47 Å². The van der Waals surface area contributed by atoms with E-state index < -0.39 is 0 Å². The van der Waals surface area contributed by atoms with Crippen molar-refractivity contribution in [2.24, 2.45) is 0 Å². The normalized spacial score (nSPS) is 10.8. The van der Waals surface area contributed by atoms with Crippen LogP contribution in [-0.4, -0.2) is 44.4 Å². The van der Waals surface area contributed by atoms with Gasteiger partial charge in [-0.1, -0.05) is 0 Å². The van der Waals surface area contributed by atoms with E-state index in [-0.39, 0.29) is 0 Å². The van der Waals surface area contributed by atoms with Crippen molar-refractivity contribution < 1.29 is 14.6 Å². The smallest absolute Gasteiger partial charge is 0.120 e. The number of rotatable bonds is 6. The Bertz CT molecular complexity index is 328. The SMILES string of the molecule is COCCN(C)Cc1cc(OC)ccc1O. The lowest BCUT2D eigenvalue weighted by molar-refractivity contribution is 0.158. The lowest BCUT2D eigenvalue weighted by Crippen LogP contribution is -2.22. The van der Waals surface area contributed by atoms with Gasteiger partial charge >= 0.3 is 0 Å². The molecule has 1 N–H and O–H groups in total. The van der Waals surface area contributed by atoms with Gasteiger partial charge in [0.15, 0.2) is 0 Å². The molecule has 4 heteroatoms. The average molecular weight is 225 g/mol. The molecule has 0 unspecified atom stereocenters. The predicted molar refractivity (Wildman–Crippen MR) is 62.9 cm³/mol. The first-order valence-electron chi connectivity index (χ1n) is 5.20. The molecule has 1 aromatic rings. The molecule has 0 fully saturated rings. The Labute approximate surface area is 96.4 Å². The van der Waals surface area contributed by atoms with E-state index in [0.717, 1.165) is 17.9 Å². The number of hydrogen-bond donors (Lipinski definition) is 1. The molecule has 16 heavy (non-hydrogen) atoms. The van der Waals surface area contributed by atoms with E-state index in [1.807, 2.05) is 13.1 Å². The molecule has 0 saturated heterocycles. The molecule has 0 aliphatic heterocycles. The van der Waals surface area contributed by atoms with Crippen LogP contribution in [0.5, 0.6) is 11.5 Å². The minimum atomic E-state index is 0.296. The van der Waals surface area contributed by atoms with E-state index in [9.17, 15) is 5.11 Å². The molecule has 0 aliphatic carbocycles. The molecule has 0 heterocycles. The monoisotopic (exact) mass is 225 g/mol. The summed E-state index contributed by atoms with van der Waals surface area (Å²) in [6.07, 6.45) is 0. The third kappa shape index (κ3) is 3.72. The van der Waals surface area contributed by atoms with Gasteiger partial charge in [0.05, 0.1) is 13.7 Å². The summed E-state index contributed by atoms with van der Waals surface area (Å²) >= 11 is 0. The quantitative estimate of drug-likeness (QED) is 0.796. The minimum Gasteiger partial charge on any atom is -0.508 e. The lowest BCUT2D eigenvalue weighted by atomic mass is 10.2. The third-order valence-electron chi connectivity index (χ3n) is 2.40. The van der Waals surface area contributed by atoms with Crippen LogP contribution in [0.2, 0.25) is 0 Å². The summed E-state index contributed by atoms with van der Waals surface area (Å²) in [4.78, 5) is 2.08. The number of aromatic hydroxyl groups is 1. The number of methoxy groups -OCH3 is 2. The second-order valence-corrected chi connectivity index (χ2v) is 3.73. The van der Waals surface area contributed by atoms with Crippen LogP contribution in [0.25, 0.3) is 0 Å². The zero-order valence-corrected chi connectivity index (χ0v) is 10.1. The molecule has 0 spiro atoms. The van der Waals surface area contributed by atoms with Gasteiger partial charge in [0.1, 0.15) is 11.5 Å². The number of phenols is 1. The summed E-state index contributed by atoms with van der Waals surface area (Å²) in [5.74, 6) is 1.05. The summed E-state index contributed by atoms with van der Waals surface area (Å²) in [5, 5.41) is 9.69. The Morgan fingerprint density at radius 2 is 2.06 bits per heavy atom. The molecule has 0 aliphatic rings. The molecule has 4 nitrogen and oxygen atoms in total. The highest BCUT2D eigenvalue weighted by Crippen LogP contribution is 2.23. The summed E-state index contributed by atoms with van der Waals surface area (Å²) in [6, 6.07) is 5.24. The Morgan fingerprint density at radius 3 is 2.69 bits per heavy atom. The van der Waals surface area contributed by atoms with Crippen LogP contribution in [0.4, 0.5) is 0 Å². The zero-order chi connectivity index (χ0) is 12.0. The van der Waals surface area contributed by atoms with Gasteiger partial charge in [-0.3, -0.25) is 4.90 Å². The van der Waals surface area contributed by atoms with Crippen LogP contribution >= 0.6 is 0 Å². The highest BCUT2D eigenvalue weighted by atomic mass is 16.5. The fourth-order valence-electron chi connectivity index (χ4n) is 1.43. The Hall–Kier alpha value is -1.26. The van der Waals surface area contributed by atoms with E-state index in [1.54, 1.807) is 26.4 Å². The van der Waals surface area contributed by atoms with Crippen molar-refractivity contribution >= 4 is 0 Å². The van der Waals surface area contributed by atoms with Gasteiger partial charge in [0.25, 0.3) is 0 Å². The van der Waals surface area contributed by atoms with Gasteiger partial charge in [-0.2, -0.15) is 0 Å². The first-order valence-corrected chi connectivity index (χ1v) is 5.20. The highest BCUT2D eigenvalue weighted by Gasteiger charge is 2.06. The van der Waals surface area contributed by atoms with Crippen molar-refractivity contribution in [3.63, 3.8) is 0 Å². The van der Waals surface area contributed by atoms with Crippen molar-refractivity contribution in [2.45, 2.75) is 6.54 Å². The van der Waals surface area contributed by atoms with Crippen LogP contribution in [0.1, 0.15) is 5.56 Å². The number of ether oxygens (including phenoxy) is 2. The molecule has 90 valence electrons. The molecular weight excluding hydrogens is 206 g/mol. The predicted octanol–water partition coefficient (Wildman–Crippen LogP) is 1.48. The van der Waals surface area contributed by atoms with Crippen LogP contribution in [-0.2, 0) is 11.3 Å². The summed E-state index contributed by atoms with van der Waals surface area (Å²) in [6.45, 7) is 2.18. The molecule has 0 amide bonds. The summed E-state index contributed by atoms with van der Waals surface area (Å²) < 4.78 is 10.1. The topological polar surface area (TPSA) is 41.9 Å². The van der Waals surface area contributed by atoms with Crippen molar-refractivity contribution in [1.82, 2.24) is 4.90 Å². The van der Waals surface area contributed by atoms with Gasteiger partial charge in [-0.25, -0.2) is 0 Å². The molecule has 1 aromatic carbocycles. The van der Waals surface area contributed by atoms with Gasteiger partial charge in [-0.05, 0) is 25.2 Å². The first kappa shape index (κ1) is 12.8. The molecule has 1 rings (SSSR count). The largest absolute Gasteiger partial charge is 0.508 e.